The van der Waals surface area contributed by atoms with Crippen molar-refractivity contribution in [1.29, 1.82) is 0 Å². The Kier molecular flexibility index (Phi) is 6.80. The molecule has 0 spiro atoms. The van der Waals surface area contributed by atoms with E-state index in [1.165, 1.54) is 12.2 Å². The summed E-state index contributed by atoms with van der Waals surface area (Å²) in [6, 6.07) is 5.98. The standard InChI is InChI=1S/C18H19ClN2O5/c1-3-25-17(23)16-11(2)20-18(24)21-14(16)10-26-15(22)9-8-12-6-4-5-7-13(12)19/h4-9,11H,3,10H2,1-2H3,(H2,20,21,24)/b9-8-/t11-/m1/s1. The zero-order valence-corrected chi connectivity index (χ0v) is 15.1. The van der Waals surface area contributed by atoms with Crippen molar-refractivity contribution in [2.45, 2.75) is 19.9 Å². The van der Waals surface area contributed by atoms with Gasteiger partial charge in [0.2, 0.25) is 0 Å². The molecule has 1 aliphatic rings. The molecule has 0 radical (unpaired) electrons. The van der Waals surface area contributed by atoms with Crippen LogP contribution >= 0.6 is 11.6 Å². The fourth-order valence-electron chi connectivity index (χ4n) is 2.35. The largest absolute Gasteiger partial charge is 0.463 e. The second-order valence-corrected chi connectivity index (χ2v) is 5.80. The molecule has 1 aromatic rings. The highest BCUT2D eigenvalue weighted by Crippen LogP contribution is 2.17. The normalized spacial score (nSPS) is 16.9. The number of carbonyl (C=O) groups excluding carboxylic acids is 3. The lowest BCUT2D eigenvalue weighted by atomic mass is 10.0. The van der Waals surface area contributed by atoms with E-state index in [0.717, 1.165) is 0 Å². The summed E-state index contributed by atoms with van der Waals surface area (Å²) in [5, 5.41) is 5.55. The molecule has 138 valence electrons. The van der Waals surface area contributed by atoms with Crippen LogP contribution in [0.3, 0.4) is 0 Å². The minimum absolute atomic E-state index is 0.191. The fraction of sp³-hybridized carbons (Fsp3) is 0.278. The summed E-state index contributed by atoms with van der Waals surface area (Å²) < 4.78 is 10.1. The molecule has 0 aliphatic carbocycles. The highest BCUT2D eigenvalue weighted by Gasteiger charge is 2.30. The lowest BCUT2D eigenvalue weighted by Gasteiger charge is -2.26. The fourth-order valence-corrected chi connectivity index (χ4v) is 2.55. The van der Waals surface area contributed by atoms with Gasteiger partial charge in [-0.3, -0.25) is 0 Å². The lowest BCUT2D eigenvalue weighted by Crippen LogP contribution is -2.50. The quantitative estimate of drug-likeness (QED) is 0.585. The molecule has 26 heavy (non-hydrogen) atoms. The molecule has 1 heterocycles. The van der Waals surface area contributed by atoms with Gasteiger partial charge in [-0.25, -0.2) is 14.4 Å². The maximum atomic E-state index is 12.1. The summed E-state index contributed by atoms with van der Waals surface area (Å²) >= 11 is 6.01. The summed E-state index contributed by atoms with van der Waals surface area (Å²) in [6.45, 7) is 3.25. The van der Waals surface area contributed by atoms with Gasteiger partial charge < -0.3 is 20.1 Å². The Bertz CT molecular complexity index is 773. The first-order valence-electron chi connectivity index (χ1n) is 7.99. The molecular formula is C18H19ClN2O5. The molecule has 1 atom stereocenters. The van der Waals surface area contributed by atoms with Gasteiger partial charge >= 0.3 is 18.0 Å². The van der Waals surface area contributed by atoms with E-state index in [4.69, 9.17) is 21.1 Å². The van der Waals surface area contributed by atoms with Crippen molar-refractivity contribution in [2.24, 2.45) is 0 Å². The van der Waals surface area contributed by atoms with Gasteiger partial charge in [-0.2, -0.15) is 0 Å². The van der Waals surface area contributed by atoms with Crippen LogP contribution in [0.2, 0.25) is 5.02 Å². The Hall–Kier alpha value is -2.80. The molecule has 0 fully saturated rings. The van der Waals surface area contributed by atoms with Gasteiger partial charge in [0.15, 0.2) is 0 Å². The maximum absolute atomic E-state index is 12.1. The second kappa shape index (κ2) is 9.05. The number of rotatable bonds is 6. The van der Waals surface area contributed by atoms with E-state index in [1.807, 2.05) is 0 Å². The van der Waals surface area contributed by atoms with Gasteiger partial charge in [0, 0.05) is 11.1 Å². The van der Waals surface area contributed by atoms with Crippen molar-refractivity contribution < 1.29 is 23.9 Å². The molecule has 7 nitrogen and oxygen atoms in total. The number of hydrogen-bond donors (Lipinski definition) is 2. The van der Waals surface area contributed by atoms with Crippen LogP contribution < -0.4 is 10.6 Å². The minimum Gasteiger partial charge on any atom is -0.463 e. The number of esters is 2. The maximum Gasteiger partial charge on any atom is 0.338 e. The molecule has 0 saturated heterocycles. The Morgan fingerprint density at radius 3 is 2.69 bits per heavy atom. The van der Waals surface area contributed by atoms with Gasteiger partial charge in [-0.15, -0.1) is 0 Å². The van der Waals surface area contributed by atoms with Crippen molar-refractivity contribution in [3.8, 4) is 0 Å². The third-order valence-corrected chi connectivity index (χ3v) is 3.87. The van der Waals surface area contributed by atoms with Crippen molar-refractivity contribution in [2.75, 3.05) is 13.2 Å². The first-order valence-corrected chi connectivity index (χ1v) is 8.37. The van der Waals surface area contributed by atoms with Crippen LogP contribution in [-0.2, 0) is 19.1 Å². The van der Waals surface area contributed by atoms with Crippen LogP contribution in [0.25, 0.3) is 6.08 Å². The second-order valence-electron chi connectivity index (χ2n) is 5.40. The van der Waals surface area contributed by atoms with E-state index in [-0.39, 0.29) is 24.5 Å². The summed E-state index contributed by atoms with van der Waals surface area (Å²) in [4.78, 5) is 35.6. The molecule has 0 saturated carbocycles. The molecule has 0 bridgehead atoms. The zero-order valence-electron chi connectivity index (χ0n) is 14.4. The average Bonchev–Trinajstić information content (AvgIpc) is 2.58. The Morgan fingerprint density at radius 1 is 1.27 bits per heavy atom. The number of halogens is 1. The smallest absolute Gasteiger partial charge is 0.338 e. The third kappa shape index (κ3) is 5.10. The minimum atomic E-state index is -0.638. The van der Waals surface area contributed by atoms with Gasteiger partial charge in [0.1, 0.15) is 6.61 Å². The number of nitrogens with one attached hydrogen (secondary N) is 2. The van der Waals surface area contributed by atoms with Crippen molar-refractivity contribution in [3.05, 3.63) is 52.2 Å². The third-order valence-electron chi connectivity index (χ3n) is 3.53. The van der Waals surface area contributed by atoms with Crippen LogP contribution in [0.4, 0.5) is 4.79 Å². The van der Waals surface area contributed by atoms with Crippen molar-refractivity contribution in [3.63, 3.8) is 0 Å². The van der Waals surface area contributed by atoms with Gasteiger partial charge in [-0.05, 0) is 31.6 Å². The summed E-state index contributed by atoms with van der Waals surface area (Å²) in [5.41, 5.74) is 1.08. The first kappa shape index (κ1) is 19.5. The van der Waals surface area contributed by atoms with Crippen molar-refractivity contribution >= 4 is 35.6 Å². The lowest BCUT2D eigenvalue weighted by molar-refractivity contribution is -0.140. The molecule has 2 rings (SSSR count). The summed E-state index contributed by atoms with van der Waals surface area (Å²) in [5.74, 6) is -1.22. The zero-order chi connectivity index (χ0) is 19.1. The van der Waals surface area contributed by atoms with Crippen LogP contribution in [0, 0.1) is 0 Å². The van der Waals surface area contributed by atoms with E-state index >= 15 is 0 Å². The summed E-state index contributed by atoms with van der Waals surface area (Å²) in [6.07, 6.45) is 2.74. The van der Waals surface area contributed by atoms with Gasteiger partial charge in [0.25, 0.3) is 0 Å². The van der Waals surface area contributed by atoms with Crippen LogP contribution in [-0.4, -0.2) is 37.2 Å². The average molecular weight is 379 g/mol. The van der Waals surface area contributed by atoms with E-state index < -0.39 is 24.0 Å². The summed E-state index contributed by atoms with van der Waals surface area (Å²) in [7, 11) is 0. The number of ether oxygens (including phenoxy) is 2. The molecule has 0 unspecified atom stereocenters. The predicted molar refractivity (Wildman–Crippen MR) is 96.2 cm³/mol. The number of carbonyl (C=O) groups is 3. The molecule has 1 aliphatic heterocycles. The number of benzene rings is 1. The molecule has 1 aromatic carbocycles. The van der Waals surface area contributed by atoms with Crippen molar-refractivity contribution in [1.82, 2.24) is 10.6 Å². The SMILES string of the molecule is CCOC(=O)C1=C(COC(=O)/C=C\c2ccccc2Cl)NC(=O)N[C@@H]1C. The van der Waals surface area contributed by atoms with Crippen LogP contribution in [0.15, 0.2) is 41.6 Å². The van der Waals surface area contributed by atoms with Gasteiger partial charge in [0.05, 0.1) is 23.9 Å². The predicted octanol–water partition coefficient (Wildman–Crippen LogP) is 2.41. The molecule has 2 N–H and O–H groups in total. The first-order chi connectivity index (χ1) is 12.4. The monoisotopic (exact) mass is 378 g/mol. The molecule has 8 heteroatoms. The molecular weight excluding hydrogens is 360 g/mol. The number of hydrogen-bond acceptors (Lipinski definition) is 5. The van der Waals surface area contributed by atoms with E-state index in [2.05, 4.69) is 10.6 Å². The Balaban J connectivity index is 2.08. The highest BCUT2D eigenvalue weighted by atomic mass is 35.5. The van der Waals surface area contributed by atoms with Crippen LogP contribution in [0.1, 0.15) is 19.4 Å². The van der Waals surface area contributed by atoms with Gasteiger partial charge in [-0.1, -0.05) is 29.8 Å². The number of amides is 2. The molecule has 0 aromatic heterocycles. The van der Waals surface area contributed by atoms with E-state index in [1.54, 1.807) is 38.1 Å². The Labute approximate surface area is 156 Å². The van der Waals surface area contributed by atoms with Crippen LogP contribution in [0.5, 0.6) is 0 Å². The Morgan fingerprint density at radius 2 is 2.00 bits per heavy atom. The van der Waals surface area contributed by atoms with E-state index in [9.17, 15) is 14.4 Å². The highest BCUT2D eigenvalue weighted by molar-refractivity contribution is 6.32. The number of urea groups is 1. The van der Waals surface area contributed by atoms with E-state index in [0.29, 0.717) is 10.6 Å². The molecule has 2 amide bonds. The topological polar surface area (TPSA) is 93.7 Å².